The van der Waals surface area contributed by atoms with Gasteiger partial charge in [0.05, 0.1) is 6.33 Å². The molecule has 0 nitrogen and oxygen atoms in total. The number of unbranched alkanes of at least 4 members (excludes halogenated alkanes) is 1. The molecule has 0 radical (unpaired) electrons. The highest BCUT2D eigenvalue weighted by Gasteiger charge is 2.31. The number of allylic oxidation sites excluding steroid dienone is 1. The lowest BCUT2D eigenvalue weighted by Crippen LogP contribution is -2.25. The highest BCUT2D eigenvalue weighted by Crippen LogP contribution is 2.44. The Morgan fingerprint density at radius 2 is 1.52 bits per heavy atom. The fourth-order valence-corrected chi connectivity index (χ4v) is 5.60. The Kier molecular flexibility index (Phi) is 8.42. The van der Waals surface area contributed by atoms with Gasteiger partial charge in [-0.3, -0.25) is 0 Å². The quantitative estimate of drug-likeness (QED) is 0.431. The van der Waals surface area contributed by atoms with Gasteiger partial charge in [-0.25, -0.2) is 4.39 Å². The Labute approximate surface area is 166 Å². The maximum atomic E-state index is 12.1. The molecule has 0 spiro atoms. The first kappa shape index (κ1) is 20.6. The molecule has 2 fully saturated rings. The number of aryl methyl sites for hydroxylation is 1. The Hall–Kier alpha value is -1.11. The van der Waals surface area contributed by atoms with E-state index in [0.29, 0.717) is 6.33 Å². The van der Waals surface area contributed by atoms with Gasteiger partial charge >= 0.3 is 0 Å². The third kappa shape index (κ3) is 6.19. The second-order valence-electron chi connectivity index (χ2n) is 9.18. The molecule has 1 aromatic rings. The summed E-state index contributed by atoms with van der Waals surface area (Å²) in [5, 5.41) is 0. The molecule has 1 heteroatoms. The second-order valence-corrected chi connectivity index (χ2v) is 9.18. The van der Waals surface area contributed by atoms with Gasteiger partial charge in [0.2, 0.25) is 0 Å². The van der Waals surface area contributed by atoms with E-state index in [-0.39, 0.29) is 0 Å². The number of hydrogen-bond donors (Lipinski definition) is 0. The first-order valence-corrected chi connectivity index (χ1v) is 11.6. The molecule has 0 heterocycles. The molecule has 0 bridgehead atoms. The number of halogens is 1. The topological polar surface area (TPSA) is 0 Å². The maximum Gasteiger partial charge on any atom is 0.0827 e. The SMILES string of the molecule is CCCCc1ccc(C2CCC(C3CCC(CC/C=C/F)CC3)CC2)cc1. The van der Waals surface area contributed by atoms with Crippen LogP contribution < -0.4 is 0 Å². The van der Waals surface area contributed by atoms with Crippen molar-refractivity contribution in [2.45, 2.75) is 96.3 Å². The van der Waals surface area contributed by atoms with Crippen LogP contribution in [0.4, 0.5) is 4.39 Å². The van der Waals surface area contributed by atoms with Crippen molar-refractivity contribution in [1.29, 1.82) is 0 Å². The van der Waals surface area contributed by atoms with Crippen LogP contribution in [0.2, 0.25) is 0 Å². The second kappa shape index (κ2) is 11.0. The van der Waals surface area contributed by atoms with Crippen molar-refractivity contribution in [2.75, 3.05) is 0 Å². The van der Waals surface area contributed by atoms with Crippen molar-refractivity contribution < 1.29 is 4.39 Å². The van der Waals surface area contributed by atoms with E-state index in [0.717, 1.165) is 30.1 Å². The summed E-state index contributed by atoms with van der Waals surface area (Å²) >= 11 is 0. The Morgan fingerprint density at radius 1 is 0.889 bits per heavy atom. The van der Waals surface area contributed by atoms with Crippen LogP contribution in [0.15, 0.2) is 36.7 Å². The molecule has 3 rings (SSSR count). The molecule has 2 aliphatic rings. The van der Waals surface area contributed by atoms with Crippen LogP contribution in [-0.2, 0) is 6.42 Å². The average molecular weight is 371 g/mol. The van der Waals surface area contributed by atoms with Gasteiger partial charge in [-0.2, -0.15) is 0 Å². The van der Waals surface area contributed by atoms with Crippen LogP contribution in [-0.4, -0.2) is 0 Å². The van der Waals surface area contributed by atoms with Crippen LogP contribution in [0.1, 0.15) is 101 Å². The van der Waals surface area contributed by atoms with Crippen molar-refractivity contribution in [3.05, 3.63) is 47.8 Å². The molecule has 0 saturated heterocycles. The fraction of sp³-hybridized carbons (Fsp3) is 0.692. The van der Waals surface area contributed by atoms with E-state index in [1.54, 1.807) is 11.6 Å². The van der Waals surface area contributed by atoms with Gasteiger partial charge < -0.3 is 0 Å². The minimum Gasteiger partial charge on any atom is -0.216 e. The van der Waals surface area contributed by atoms with Gasteiger partial charge in [-0.05, 0) is 99.0 Å². The van der Waals surface area contributed by atoms with Crippen LogP contribution in [0.25, 0.3) is 0 Å². The van der Waals surface area contributed by atoms with Gasteiger partial charge in [-0.15, -0.1) is 0 Å². The molecule has 0 N–H and O–H groups in total. The summed E-state index contributed by atoms with van der Waals surface area (Å²) in [7, 11) is 0. The molecule has 0 aromatic heterocycles. The smallest absolute Gasteiger partial charge is 0.0827 e. The normalized spacial score (nSPS) is 29.3. The minimum atomic E-state index is 0.711. The fourth-order valence-electron chi connectivity index (χ4n) is 5.60. The Bertz CT molecular complexity index is 542. The molecule has 27 heavy (non-hydrogen) atoms. The highest BCUT2D eigenvalue weighted by molar-refractivity contribution is 5.26. The monoisotopic (exact) mass is 370 g/mol. The molecule has 0 atom stereocenters. The number of rotatable bonds is 8. The van der Waals surface area contributed by atoms with Crippen molar-refractivity contribution in [3.63, 3.8) is 0 Å². The third-order valence-electron chi connectivity index (χ3n) is 7.43. The van der Waals surface area contributed by atoms with Gasteiger partial charge in [0.15, 0.2) is 0 Å². The molecule has 1 aromatic carbocycles. The number of hydrogen-bond acceptors (Lipinski definition) is 0. The first-order chi connectivity index (χ1) is 13.3. The zero-order valence-corrected chi connectivity index (χ0v) is 17.3. The molecule has 2 aliphatic carbocycles. The zero-order chi connectivity index (χ0) is 18.9. The van der Waals surface area contributed by atoms with Gasteiger partial charge in [0.25, 0.3) is 0 Å². The molecule has 0 aliphatic heterocycles. The Balaban J connectivity index is 1.40. The lowest BCUT2D eigenvalue weighted by Gasteiger charge is -2.38. The van der Waals surface area contributed by atoms with Crippen LogP contribution in [0.5, 0.6) is 0 Å². The van der Waals surface area contributed by atoms with E-state index >= 15 is 0 Å². The van der Waals surface area contributed by atoms with E-state index < -0.39 is 0 Å². The minimum absolute atomic E-state index is 0.711. The zero-order valence-electron chi connectivity index (χ0n) is 17.3. The number of benzene rings is 1. The van der Waals surface area contributed by atoms with E-state index in [2.05, 4.69) is 31.2 Å². The summed E-state index contributed by atoms with van der Waals surface area (Å²) in [5.41, 5.74) is 3.09. The lowest BCUT2D eigenvalue weighted by molar-refractivity contribution is 0.157. The van der Waals surface area contributed by atoms with Crippen molar-refractivity contribution in [3.8, 4) is 0 Å². The maximum absolute atomic E-state index is 12.1. The molecule has 150 valence electrons. The largest absolute Gasteiger partial charge is 0.216 e. The van der Waals surface area contributed by atoms with Crippen LogP contribution in [0, 0.1) is 17.8 Å². The van der Waals surface area contributed by atoms with Crippen molar-refractivity contribution >= 4 is 0 Å². The average Bonchev–Trinajstić information content (AvgIpc) is 2.73. The van der Waals surface area contributed by atoms with Crippen molar-refractivity contribution in [2.24, 2.45) is 17.8 Å². The van der Waals surface area contributed by atoms with E-state index in [1.165, 1.54) is 82.6 Å². The van der Waals surface area contributed by atoms with Crippen molar-refractivity contribution in [1.82, 2.24) is 0 Å². The predicted molar refractivity (Wildman–Crippen MR) is 115 cm³/mol. The summed E-state index contributed by atoms with van der Waals surface area (Å²) in [4.78, 5) is 0. The Morgan fingerprint density at radius 3 is 2.11 bits per heavy atom. The lowest BCUT2D eigenvalue weighted by atomic mass is 9.68. The summed E-state index contributed by atoms with van der Waals surface area (Å²) in [6.45, 7) is 2.27. The summed E-state index contributed by atoms with van der Waals surface area (Å²) in [6.07, 6.45) is 19.6. The van der Waals surface area contributed by atoms with Crippen LogP contribution >= 0.6 is 0 Å². The van der Waals surface area contributed by atoms with E-state index in [9.17, 15) is 4.39 Å². The summed E-state index contributed by atoms with van der Waals surface area (Å²) in [6, 6.07) is 9.56. The predicted octanol–water partition coefficient (Wildman–Crippen LogP) is 8.37. The highest BCUT2D eigenvalue weighted by atomic mass is 19.1. The molecule has 0 unspecified atom stereocenters. The molecule has 2 saturated carbocycles. The van der Waals surface area contributed by atoms with Gasteiger partial charge in [0.1, 0.15) is 0 Å². The van der Waals surface area contributed by atoms with E-state index in [1.807, 2.05) is 0 Å². The van der Waals surface area contributed by atoms with Crippen LogP contribution in [0.3, 0.4) is 0 Å². The molecule has 0 amide bonds. The van der Waals surface area contributed by atoms with Gasteiger partial charge in [0, 0.05) is 0 Å². The molecular weight excluding hydrogens is 331 g/mol. The summed E-state index contributed by atoms with van der Waals surface area (Å²) < 4.78 is 12.1. The first-order valence-electron chi connectivity index (χ1n) is 11.6. The van der Waals surface area contributed by atoms with Gasteiger partial charge in [-0.1, -0.05) is 56.5 Å². The standard InChI is InChI=1S/C26H39F/c1-2-3-6-21-8-12-23(13-9-21)25-16-18-26(19-17-25)24-14-10-22(11-15-24)7-4-5-20-27/h5,8-9,12-13,20,22,24-26H,2-4,6-7,10-11,14-19H2,1H3/b20-5+. The molecular formula is C26H39F. The third-order valence-corrected chi connectivity index (χ3v) is 7.43. The summed E-state index contributed by atoms with van der Waals surface area (Å²) in [5.74, 6) is 3.58. The van der Waals surface area contributed by atoms with E-state index in [4.69, 9.17) is 0 Å².